The number of nitro groups is 1. The van der Waals surface area contributed by atoms with Crippen LogP contribution in [0.2, 0.25) is 0 Å². The van der Waals surface area contributed by atoms with Crippen LogP contribution in [0.3, 0.4) is 0 Å². The minimum Gasteiger partial charge on any atom is -0.436 e. The molecular weight excluding hydrogens is 388 g/mol. The van der Waals surface area contributed by atoms with Gasteiger partial charge in [0, 0.05) is 48.3 Å². The third-order valence-corrected chi connectivity index (χ3v) is 5.02. The van der Waals surface area contributed by atoms with Crippen LogP contribution in [0.4, 0.5) is 17.3 Å². The second-order valence-corrected chi connectivity index (χ2v) is 7.08. The van der Waals surface area contributed by atoms with Crippen molar-refractivity contribution in [2.24, 2.45) is 5.92 Å². The second-order valence-electron chi connectivity index (χ2n) is 7.08. The minimum absolute atomic E-state index is 0.0412. The van der Waals surface area contributed by atoms with Crippen molar-refractivity contribution in [2.45, 2.75) is 12.8 Å². The van der Waals surface area contributed by atoms with Gasteiger partial charge in [0.15, 0.2) is 5.58 Å². The minimum atomic E-state index is -0.479. The molecule has 1 aliphatic rings. The van der Waals surface area contributed by atoms with Gasteiger partial charge < -0.3 is 15.1 Å². The lowest BCUT2D eigenvalue weighted by atomic mass is 10.1. The normalized spacial score (nSPS) is 13.5. The molecule has 0 bridgehead atoms. The average Bonchev–Trinajstić information content (AvgIpc) is 3.51. The fraction of sp³-hybridized carbons (Fsp3) is 0.200. The van der Waals surface area contributed by atoms with Crippen molar-refractivity contribution in [3.8, 4) is 11.5 Å². The number of benzene rings is 1. The van der Waals surface area contributed by atoms with E-state index in [0.717, 1.165) is 23.6 Å². The number of aromatic nitrogens is 3. The van der Waals surface area contributed by atoms with Crippen LogP contribution >= 0.6 is 0 Å². The fourth-order valence-electron chi connectivity index (χ4n) is 3.29. The molecule has 3 heterocycles. The van der Waals surface area contributed by atoms with Crippen LogP contribution in [0.5, 0.6) is 0 Å². The Morgan fingerprint density at radius 1 is 1.20 bits per heavy atom. The number of non-ortho nitro benzene ring substituents is 1. The maximum atomic E-state index is 12.1. The smallest absolute Gasteiger partial charge is 0.271 e. The van der Waals surface area contributed by atoms with Crippen LogP contribution < -0.4 is 10.6 Å². The molecule has 0 atom stereocenters. The molecule has 5 rings (SSSR count). The van der Waals surface area contributed by atoms with Crippen molar-refractivity contribution in [1.82, 2.24) is 15.0 Å². The summed E-state index contributed by atoms with van der Waals surface area (Å²) in [5.74, 6) is 1.34. The Kier molecular flexibility index (Phi) is 4.05. The predicted molar refractivity (Wildman–Crippen MR) is 110 cm³/mol. The number of carbonyl (C=O) groups excluding carboxylic acids is 1. The van der Waals surface area contributed by atoms with E-state index in [0.29, 0.717) is 28.3 Å². The summed E-state index contributed by atoms with van der Waals surface area (Å²) < 4.78 is 5.84. The first-order valence-corrected chi connectivity index (χ1v) is 9.36. The second kappa shape index (κ2) is 6.76. The highest BCUT2D eigenvalue weighted by molar-refractivity contribution is 6.03. The van der Waals surface area contributed by atoms with E-state index in [1.54, 1.807) is 25.5 Å². The quantitative estimate of drug-likeness (QED) is 0.379. The first-order valence-electron chi connectivity index (χ1n) is 9.36. The average molecular weight is 404 g/mol. The third-order valence-electron chi connectivity index (χ3n) is 5.02. The van der Waals surface area contributed by atoms with Crippen molar-refractivity contribution < 1.29 is 14.1 Å². The Balaban J connectivity index is 1.64. The zero-order chi connectivity index (χ0) is 20.8. The molecule has 2 N–H and O–H groups in total. The van der Waals surface area contributed by atoms with Gasteiger partial charge in [-0.25, -0.2) is 15.0 Å². The van der Waals surface area contributed by atoms with E-state index in [9.17, 15) is 14.9 Å². The molecule has 1 aromatic carbocycles. The standard InChI is InChI=1S/C20H16N6O4/c1-21-18-13-8-22-17(25-19(27)10-2-3-10)7-12(13)14(9-23-18)20-24-15-6-11(26(28)29)4-5-16(15)30-20/h4-10H,2-3H2,1H3,(H,21,23)(H,22,25,27). The number of anilines is 2. The van der Waals surface area contributed by atoms with Gasteiger partial charge in [-0.15, -0.1) is 0 Å². The number of nitrogens with one attached hydrogen (secondary N) is 2. The van der Waals surface area contributed by atoms with E-state index >= 15 is 0 Å². The maximum Gasteiger partial charge on any atom is 0.271 e. The summed E-state index contributed by atoms with van der Waals surface area (Å²) in [6, 6.07) is 6.01. The number of carbonyl (C=O) groups is 1. The van der Waals surface area contributed by atoms with Gasteiger partial charge in [-0.1, -0.05) is 0 Å². The summed E-state index contributed by atoms with van der Waals surface area (Å²) in [7, 11) is 1.75. The summed E-state index contributed by atoms with van der Waals surface area (Å²) in [6.45, 7) is 0. The van der Waals surface area contributed by atoms with Crippen LogP contribution in [-0.2, 0) is 4.79 Å². The Hall–Kier alpha value is -4.08. The molecule has 1 amide bonds. The van der Waals surface area contributed by atoms with Gasteiger partial charge in [0.1, 0.15) is 17.2 Å². The Bertz CT molecular complexity index is 1330. The lowest BCUT2D eigenvalue weighted by Crippen LogP contribution is -2.14. The van der Waals surface area contributed by atoms with Crippen molar-refractivity contribution in [2.75, 3.05) is 17.7 Å². The predicted octanol–water partition coefficient (Wildman–Crippen LogP) is 3.74. The highest BCUT2D eigenvalue weighted by Gasteiger charge is 2.30. The highest BCUT2D eigenvalue weighted by Crippen LogP contribution is 2.35. The van der Waals surface area contributed by atoms with E-state index < -0.39 is 4.92 Å². The Morgan fingerprint density at radius 3 is 2.77 bits per heavy atom. The lowest BCUT2D eigenvalue weighted by Gasteiger charge is -2.10. The molecule has 10 heteroatoms. The summed E-state index contributed by atoms with van der Waals surface area (Å²) in [5.41, 5.74) is 1.33. The first-order chi connectivity index (χ1) is 14.5. The van der Waals surface area contributed by atoms with Crippen molar-refractivity contribution in [3.05, 3.63) is 46.8 Å². The number of pyridine rings is 2. The number of hydrogen-bond donors (Lipinski definition) is 2. The molecule has 30 heavy (non-hydrogen) atoms. The topological polar surface area (TPSA) is 136 Å². The summed E-state index contributed by atoms with van der Waals surface area (Å²) in [6.07, 6.45) is 5.04. The third kappa shape index (κ3) is 3.08. The summed E-state index contributed by atoms with van der Waals surface area (Å²) in [4.78, 5) is 35.8. The lowest BCUT2D eigenvalue weighted by molar-refractivity contribution is -0.384. The van der Waals surface area contributed by atoms with Crippen molar-refractivity contribution in [1.29, 1.82) is 0 Å². The molecule has 0 radical (unpaired) electrons. The molecule has 0 spiro atoms. The Labute approximate surface area is 169 Å². The number of amides is 1. The van der Waals surface area contributed by atoms with Crippen LogP contribution in [0.15, 0.2) is 41.1 Å². The molecule has 1 saturated carbocycles. The number of oxazole rings is 1. The van der Waals surface area contributed by atoms with E-state index in [4.69, 9.17) is 4.42 Å². The van der Waals surface area contributed by atoms with Gasteiger partial charge in [-0.05, 0) is 25.0 Å². The molecule has 150 valence electrons. The van der Waals surface area contributed by atoms with Crippen LogP contribution in [0, 0.1) is 16.0 Å². The molecule has 1 fully saturated rings. The van der Waals surface area contributed by atoms with E-state index in [1.165, 1.54) is 18.2 Å². The SMILES string of the molecule is CNc1ncc(-c2nc3cc([N+](=O)[O-])ccc3o2)c2cc(NC(=O)C3CC3)ncc12. The molecule has 0 aliphatic heterocycles. The van der Waals surface area contributed by atoms with E-state index in [2.05, 4.69) is 25.6 Å². The molecule has 10 nitrogen and oxygen atoms in total. The van der Waals surface area contributed by atoms with Gasteiger partial charge in [0.2, 0.25) is 11.8 Å². The van der Waals surface area contributed by atoms with Crippen LogP contribution in [-0.4, -0.2) is 32.8 Å². The van der Waals surface area contributed by atoms with E-state index in [-0.39, 0.29) is 23.4 Å². The summed E-state index contributed by atoms with van der Waals surface area (Å²) in [5, 5.41) is 18.4. The molecule has 4 aromatic rings. The van der Waals surface area contributed by atoms with Crippen LogP contribution in [0.25, 0.3) is 33.3 Å². The number of hydrogen-bond acceptors (Lipinski definition) is 8. The number of rotatable bonds is 5. The van der Waals surface area contributed by atoms with Gasteiger partial charge in [0.25, 0.3) is 5.69 Å². The zero-order valence-corrected chi connectivity index (χ0v) is 15.9. The van der Waals surface area contributed by atoms with Gasteiger partial charge in [-0.2, -0.15) is 0 Å². The van der Waals surface area contributed by atoms with Crippen molar-refractivity contribution in [3.63, 3.8) is 0 Å². The van der Waals surface area contributed by atoms with Gasteiger partial charge in [0.05, 0.1) is 10.5 Å². The highest BCUT2D eigenvalue weighted by atomic mass is 16.6. The first kappa shape index (κ1) is 18.0. The largest absolute Gasteiger partial charge is 0.436 e. The van der Waals surface area contributed by atoms with Gasteiger partial charge >= 0.3 is 0 Å². The molecule has 0 saturated heterocycles. The number of fused-ring (bicyclic) bond motifs is 2. The molecular formula is C20H16N6O4. The number of nitro benzene ring substituents is 1. The monoisotopic (exact) mass is 404 g/mol. The van der Waals surface area contributed by atoms with Crippen molar-refractivity contribution >= 4 is 45.1 Å². The molecule has 0 unspecified atom stereocenters. The molecule has 1 aliphatic carbocycles. The zero-order valence-electron chi connectivity index (χ0n) is 15.9. The number of nitrogens with zero attached hydrogens (tertiary/aromatic N) is 4. The van der Waals surface area contributed by atoms with Gasteiger partial charge in [-0.3, -0.25) is 14.9 Å². The maximum absolute atomic E-state index is 12.1. The fourth-order valence-corrected chi connectivity index (χ4v) is 3.29. The Morgan fingerprint density at radius 2 is 2.03 bits per heavy atom. The summed E-state index contributed by atoms with van der Waals surface area (Å²) >= 11 is 0. The molecule has 3 aromatic heterocycles. The van der Waals surface area contributed by atoms with E-state index in [1.807, 2.05) is 0 Å². The van der Waals surface area contributed by atoms with Crippen LogP contribution in [0.1, 0.15) is 12.8 Å².